The Bertz CT molecular complexity index is 312. The first-order valence-electron chi connectivity index (χ1n) is 4.64. The van der Waals surface area contributed by atoms with Crippen molar-refractivity contribution in [2.24, 2.45) is 0 Å². The Morgan fingerprint density at radius 2 is 1.93 bits per heavy atom. The number of aliphatic hydroxyl groups is 1. The van der Waals surface area contributed by atoms with Crippen LogP contribution in [-0.2, 0) is 0 Å². The van der Waals surface area contributed by atoms with Gasteiger partial charge in [-0.25, -0.2) is 0 Å². The van der Waals surface area contributed by atoms with E-state index in [4.69, 9.17) is 4.74 Å². The minimum atomic E-state index is -0.508. The molecule has 0 aliphatic carbocycles. The molecule has 1 aromatic carbocycles. The first kappa shape index (κ1) is 10.8. The molecule has 0 aromatic heterocycles. The van der Waals surface area contributed by atoms with Crippen molar-refractivity contribution in [1.29, 1.82) is 0 Å². The molecule has 2 heteroatoms. The zero-order chi connectivity index (χ0) is 10.6. The fourth-order valence-electron chi connectivity index (χ4n) is 1.21. The maximum Gasteiger partial charge on any atom is 0.118 e. The van der Waals surface area contributed by atoms with E-state index in [2.05, 4.69) is 0 Å². The fraction of sp³-hybridized carbons (Fsp3) is 0.333. The van der Waals surface area contributed by atoms with E-state index in [0.29, 0.717) is 0 Å². The molecule has 1 atom stereocenters. The zero-order valence-electron chi connectivity index (χ0n) is 8.82. The van der Waals surface area contributed by atoms with E-state index in [9.17, 15) is 5.11 Å². The van der Waals surface area contributed by atoms with Gasteiger partial charge < -0.3 is 9.84 Å². The van der Waals surface area contributed by atoms with Gasteiger partial charge in [0, 0.05) is 0 Å². The van der Waals surface area contributed by atoms with E-state index in [-0.39, 0.29) is 0 Å². The van der Waals surface area contributed by atoms with E-state index in [1.54, 1.807) is 7.11 Å². The third-order valence-electron chi connectivity index (χ3n) is 2.32. The number of benzene rings is 1. The second kappa shape index (κ2) is 4.82. The standard InChI is InChI=1S/C12H16O2/c1-4-9(2)12(13)10-5-7-11(14-3)8-6-10/h4-8,12-13H,1-3H3/b9-4+. The normalized spacial score (nSPS) is 13.9. The summed E-state index contributed by atoms with van der Waals surface area (Å²) in [6, 6.07) is 7.44. The lowest BCUT2D eigenvalue weighted by Gasteiger charge is -2.11. The molecule has 0 aliphatic rings. The van der Waals surface area contributed by atoms with Crippen LogP contribution in [0.2, 0.25) is 0 Å². The molecule has 2 nitrogen and oxygen atoms in total. The van der Waals surface area contributed by atoms with Crippen molar-refractivity contribution in [3.05, 3.63) is 41.5 Å². The average Bonchev–Trinajstić information content (AvgIpc) is 2.27. The van der Waals surface area contributed by atoms with E-state index in [0.717, 1.165) is 16.9 Å². The predicted octanol–water partition coefficient (Wildman–Crippen LogP) is 2.69. The highest BCUT2D eigenvalue weighted by atomic mass is 16.5. The minimum absolute atomic E-state index is 0.508. The van der Waals surface area contributed by atoms with Crippen LogP contribution >= 0.6 is 0 Å². The Kier molecular flexibility index (Phi) is 3.72. The Hall–Kier alpha value is -1.28. The van der Waals surface area contributed by atoms with Gasteiger partial charge in [-0.05, 0) is 37.1 Å². The summed E-state index contributed by atoms with van der Waals surface area (Å²) in [6.45, 7) is 3.83. The molecule has 0 saturated heterocycles. The van der Waals surface area contributed by atoms with Crippen molar-refractivity contribution >= 4 is 0 Å². The number of hydrogen-bond acceptors (Lipinski definition) is 2. The topological polar surface area (TPSA) is 29.5 Å². The van der Waals surface area contributed by atoms with Crippen molar-refractivity contribution in [3.63, 3.8) is 0 Å². The van der Waals surface area contributed by atoms with Crippen LogP contribution in [0.15, 0.2) is 35.9 Å². The first-order chi connectivity index (χ1) is 6.69. The first-order valence-corrected chi connectivity index (χ1v) is 4.64. The fourth-order valence-corrected chi connectivity index (χ4v) is 1.21. The van der Waals surface area contributed by atoms with E-state index in [1.807, 2.05) is 44.2 Å². The molecule has 0 radical (unpaired) electrons. The summed E-state index contributed by atoms with van der Waals surface area (Å²) >= 11 is 0. The maximum absolute atomic E-state index is 9.84. The molecule has 1 rings (SSSR count). The van der Waals surface area contributed by atoms with Gasteiger partial charge in [-0.15, -0.1) is 0 Å². The maximum atomic E-state index is 9.84. The molecule has 0 aliphatic heterocycles. The highest BCUT2D eigenvalue weighted by Crippen LogP contribution is 2.22. The molecule has 0 spiro atoms. The second-order valence-electron chi connectivity index (χ2n) is 3.21. The molecular weight excluding hydrogens is 176 g/mol. The molecule has 76 valence electrons. The monoisotopic (exact) mass is 192 g/mol. The SMILES string of the molecule is C/C=C(\C)C(O)c1ccc(OC)cc1. The van der Waals surface area contributed by atoms with Gasteiger partial charge in [0.05, 0.1) is 13.2 Å². The highest BCUT2D eigenvalue weighted by Gasteiger charge is 2.08. The Morgan fingerprint density at radius 3 is 2.36 bits per heavy atom. The molecule has 0 fully saturated rings. The van der Waals surface area contributed by atoms with E-state index in [1.165, 1.54) is 0 Å². The summed E-state index contributed by atoms with van der Waals surface area (Å²) in [7, 11) is 1.63. The molecule has 1 N–H and O–H groups in total. The molecule has 0 amide bonds. The van der Waals surface area contributed by atoms with Crippen LogP contribution in [-0.4, -0.2) is 12.2 Å². The van der Waals surface area contributed by atoms with Crippen LogP contribution in [0.25, 0.3) is 0 Å². The largest absolute Gasteiger partial charge is 0.497 e. The molecule has 0 bridgehead atoms. The smallest absolute Gasteiger partial charge is 0.118 e. The summed E-state index contributed by atoms with van der Waals surface area (Å²) in [5.74, 6) is 0.805. The third-order valence-corrected chi connectivity index (χ3v) is 2.32. The van der Waals surface area contributed by atoms with Gasteiger partial charge in [0.15, 0.2) is 0 Å². The summed E-state index contributed by atoms with van der Waals surface area (Å²) in [5.41, 5.74) is 1.84. The Labute approximate surface area is 84.8 Å². The van der Waals surface area contributed by atoms with Gasteiger partial charge in [0.1, 0.15) is 5.75 Å². The van der Waals surface area contributed by atoms with Crippen LogP contribution in [0.1, 0.15) is 25.5 Å². The van der Waals surface area contributed by atoms with Crippen LogP contribution in [0, 0.1) is 0 Å². The van der Waals surface area contributed by atoms with Gasteiger partial charge >= 0.3 is 0 Å². The number of ether oxygens (including phenoxy) is 1. The molecule has 0 saturated carbocycles. The quantitative estimate of drug-likeness (QED) is 0.746. The second-order valence-corrected chi connectivity index (χ2v) is 3.21. The Morgan fingerprint density at radius 1 is 1.36 bits per heavy atom. The van der Waals surface area contributed by atoms with E-state index < -0.39 is 6.10 Å². The van der Waals surface area contributed by atoms with Crippen molar-refractivity contribution in [3.8, 4) is 5.75 Å². The number of rotatable bonds is 3. The van der Waals surface area contributed by atoms with Gasteiger partial charge in [-0.2, -0.15) is 0 Å². The lowest BCUT2D eigenvalue weighted by Crippen LogP contribution is -1.98. The summed E-state index contributed by atoms with van der Waals surface area (Å²) < 4.78 is 5.04. The molecule has 14 heavy (non-hydrogen) atoms. The van der Waals surface area contributed by atoms with Gasteiger partial charge in [-0.3, -0.25) is 0 Å². The van der Waals surface area contributed by atoms with Crippen molar-refractivity contribution in [2.75, 3.05) is 7.11 Å². The Balaban J connectivity index is 2.86. The van der Waals surface area contributed by atoms with Crippen molar-refractivity contribution in [1.82, 2.24) is 0 Å². The summed E-state index contributed by atoms with van der Waals surface area (Å²) in [6.07, 6.45) is 1.40. The van der Waals surface area contributed by atoms with Gasteiger partial charge in [0.25, 0.3) is 0 Å². The highest BCUT2D eigenvalue weighted by molar-refractivity contribution is 5.31. The lowest BCUT2D eigenvalue weighted by atomic mass is 10.0. The summed E-state index contributed by atoms with van der Waals surface area (Å²) in [4.78, 5) is 0. The predicted molar refractivity (Wildman–Crippen MR) is 57.4 cm³/mol. The molecule has 1 aromatic rings. The third kappa shape index (κ3) is 2.36. The number of allylic oxidation sites excluding steroid dienone is 1. The van der Waals surface area contributed by atoms with E-state index >= 15 is 0 Å². The average molecular weight is 192 g/mol. The lowest BCUT2D eigenvalue weighted by molar-refractivity contribution is 0.215. The number of aliphatic hydroxyl groups excluding tert-OH is 1. The van der Waals surface area contributed by atoms with Crippen LogP contribution in [0.4, 0.5) is 0 Å². The minimum Gasteiger partial charge on any atom is -0.497 e. The van der Waals surface area contributed by atoms with Crippen LogP contribution < -0.4 is 4.74 Å². The van der Waals surface area contributed by atoms with Gasteiger partial charge in [0.2, 0.25) is 0 Å². The zero-order valence-corrected chi connectivity index (χ0v) is 8.82. The van der Waals surface area contributed by atoms with Gasteiger partial charge in [-0.1, -0.05) is 18.2 Å². The number of hydrogen-bond donors (Lipinski definition) is 1. The van der Waals surface area contributed by atoms with Crippen LogP contribution in [0.3, 0.4) is 0 Å². The molecule has 0 heterocycles. The summed E-state index contributed by atoms with van der Waals surface area (Å²) in [5, 5.41) is 9.84. The molecular formula is C12H16O2. The molecule has 1 unspecified atom stereocenters. The number of methoxy groups -OCH3 is 1. The van der Waals surface area contributed by atoms with Crippen LogP contribution in [0.5, 0.6) is 5.75 Å². The van der Waals surface area contributed by atoms with Crippen molar-refractivity contribution < 1.29 is 9.84 Å². The van der Waals surface area contributed by atoms with Crippen molar-refractivity contribution in [2.45, 2.75) is 20.0 Å².